The van der Waals surface area contributed by atoms with Crippen LogP contribution in [0.25, 0.3) is 0 Å². The molecule has 1 amide bonds. The summed E-state index contributed by atoms with van der Waals surface area (Å²) in [4.78, 5) is 14.7. The van der Waals surface area contributed by atoms with Crippen molar-refractivity contribution < 1.29 is 4.79 Å². The van der Waals surface area contributed by atoms with Crippen molar-refractivity contribution in [2.45, 2.75) is 72.5 Å². The number of nitrogens with zero attached hydrogens (tertiary/aromatic N) is 3. The van der Waals surface area contributed by atoms with Gasteiger partial charge in [0.05, 0.1) is 12.1 Å². The van der Waals surface area contributed by atoms with E-state index in [1.54, 1.807) is 0 Å². The Labute approximate surface area is 133 Å². The summed E-state index contributed by atoms with van der Waals surface area (Å²) >= 11 is 0. The lowest BCUT2D eigenvalue weighted by Gasteiger charge is -2.36. The lowest BCUT2D eigenvalue weighted by Crippen LogP contribution is -2.48. The highest BCUT2D eigenvalue weighted by molar-refractivity contribution is 5.79. The molecule has 1 aliphatic rings. The number of carbonyl (C=O) groups is 1. The Hall–Kier alpha value is -1.36. The molecule has 2 atom stereocenters. The number of likely N-dealkylation sites (tertiary alicyclic amines) is 1. The van der Waals surface area contributed by atoms with Gasteiger partial charge in [-0.2, -0.15) is 5.10 Å². The van der Waals surface area contributed by atoms with Crippen LogP contribution in [0, 0.1) is 19.8 Å². The predicted octanol–water partition coefficient (Wildman–Crippen LogP) is 2.04. The van der Waals surface area contributed by atoms with Gasteiger partial charge in [-0.25, -0.2) is 0 Å². The Morgan fingerprint density at radius 3 is 2.68 bits per heavy atom. The first kappa shape index (κ1) is 17.0. The molecule has 124 valence electrons. The van der Waals surface area contributed by atoms with Crippen LogP contribution in [0.1, 0.15) is 50.6 Å². The summed E-state index contributed by atoms with van der Waals surface area (Å²) in [5, 5.41) is 4.61. The number of aromatic nitrogens is 2. The number of aryl methyl sites for hydroxylation is 1. The number of nitrogens with two attached hydrogens (primary N) is 1. The third-order valence-corrected chi connectivity index (χ3v) is 4.63. The lowest BCUT2D eigenvalue weighted by molar-refractivity contribution is -0.133. The molecule has 0 bridgehead atoms. The van der Waals surface area contributed by atoms with E-state index in [2.05, 4.69) is 32.8 Å². The van der Waals surface area contributed by atoms with Crippen LogP contribution in [-0.4, -0.2) is 39.2 Å². The maximum absolute atomic E-state index is 12.7. The molecule has 0 saturated carbocycles. The smallest absolute Gasteiger partial charge is 0.227 e. The van der Waals surface area contributed by atoms with E-state index in [4.69, 9.17) is 5.73 Å². The fourth-order valence-corrected chi connectivity index (χ4v) is 3.35. The van der Waals surface area contributed by atoms with Gasteiger partial charge in [0.1, 0.15) is 0 Å². The fourth-order valence-electron chi connectivity index (χ4n) is 3.35. The van der Waals surface area contributed by atoms with Crippen LogP contribution in [0.3, 0.4) is 0 Å². The summed E-state index contributed by atoms with van der Waals surface area (Å²) in [7, 11) is 0. The van der Waals surface area contributed by atoms with Gasteiger partial charge < -0.3 is 10.6 Å². The van der Waals surface area contributed by atoms with E-state index in [9.17, 15) is 4.79 Å². The highest BCUT2D eigenvalue weighted by atomic mass is 16.2. The molecule has 22 heavy (non-hydrogen) atoms. The van der Waals surface area contributed by atoms with Gasteiger partial charge in [0.15, 0.2) is 0 Å². The maximum Gasteiger partial charge on any atom is 0.227 e. The molecule has 5 heteroatoms. The van der Waals surface area contributed by atoms with Crippen molar-refractivity contribution >= 4 is 5.91 Å². The highest BCUT2D eigenvalue weighted by Gasteiger charge is 2.28. The largest absolute Gasteiger partial charge is 0.340 e. The molecule has 1 aromatic rings. The fraction of sp³-hybridized carbons (Fsp3) is 0.765. The van der Waals surface area contributed by atoms with Gasteiger partial charge in [-0.15, -0.1) is 0 Å². The summed E-state index contributed by atoms with van der Waals surface area (Å²) in [6.07, 6.45) is 2.26. The van der Waals surface area contributed by atoms with E-state index < -0.39 is 0 Å². The minimum absolute atomic E-state index is 0.203. The van der Waals surface area contributed by atoms with Gasteiger partial charge >= 0.3 is 0 Å². The van der Waals surface area contributed by atoms with Crippen LogP contribution in [-0.2, 0) is 17.8 Å². The molecule has 2 heterocycles. The molecule has 1 saturated heterocycles. The minimum atomic E-state index is 0.203. The second kappa shape index (κ2) is 6.82. The monoisotopic (exact) mass is 306 g/mol. The molecular weight excluding hydrogens is 276 g/mol. The number of carbonyl (C=O) groups excluding carboxylic acids is 1. The van der Waals surface area contributed by atoms with E-state index in [0.717, 1.165) is 42.9 Å². The normalized spacial score (nSPS) is 22.4. The molecule has 2 N–H and O–H groups in total. The van der Waals surface area contributed by atoms with Gasteiger partial charge in [-0.3, -0.25) is 9.48 Å². The zero-order chi connectivity index (χ0) is 16.4. The van der Waals surface area contributed by atoms with Crippen molar-refractivity contribution in [3.8, 4) is 0 Å². The van der Waals surface area contributed by atoms with Crippen molar-refractivity contribution in [1.82, 2.24) is 14.7 Å². The van der Waals surface area contributed by atoms with E-state index >= 15 is 0 Å². The molecule has 0 spiro atoms. The molecule has 0 unspecified atom stereocenters. The Morgan fingerprint density at radius 1 is 1.41 bits per heavy atom. The number of rotatable bonds is 4. The van der Waals surface area contributed by atoms with Crippen molar-refractivity contribution in [2.75, 3.05) is 6.54 Å². The topological polar surface area (TPSA) is 64.2 Å². The number of hydrogen-bond donors (Lipinski definition) is 1. The first-order valence-corrected chi connectivity index (χ1v) is 8.37. The number of piperidine rings is 1. The van der Waals surface area contributed by atoms with Crippen molar-refractivity contribution in [3.05, 3.63) is 17.0 Å². The third-order valence-electron chi connectivity index (χ3n) is 4.63. The molecule has 5 nitrogen and oxygen atoms in total. The van der Waals surface area contributed by atoms with E-state index in [1.807, 2.05) is 16.5 Å². The van der Waals surface area contributed by atoms with Crippen LogP contribution < -0.4 is 5.73 Å². The zero-order valence-electron chi connectivity index (χ0n) is 14.6. The first-order valence-electron chi connectivity index (χ1n) is 8.37. The summed E-state index contributed by atoms with van der Waals surface area (Å²) in [5.74, 6) is 0.750. The standard InChI is InChI=1S/C17H30N4O/c1-11(2)10-21-14(5)16(13(4)19-21)9-17(22)20-7-6-15(18)8-12(20)3/h11-12,15H,6-10,18H2,1-5H3/t12-,15-/m1/s1. The summed E-state index contributed by atoms with van der Waals surface area (Å²) < 4.78 is 2.04. The van der Waals surface area contributed by atoms with Crippen LogP contribution in [0.4, 0.5) is 0 Å². The second-order valence-corrected chi connectivity index (χ2v) is 7.12. The molecular formula is C17H30N4O. The Kier molecular flexibility index (Phi) is 5.27. The summed E-state index contributed by atoms with van der Waals surface area (Å²) in [6, 6.07) is 0.471. The Balaban J connectivity index is 2.10. The molecule has 1 fully saturated rings. The van der Waals surface area contributed by atoms with Crippen molar-refractivity contribution in [1.29, 1.82) is 0 Å². The van der Waals surface area contributed by atoms with Gasteiger partial charge in [0, 0.05) is 36.4 Å². The van der Waals surface area contributed by atoms with Gasteiger partial charge in [-0.1, -0.05) is 13.8 Å². The molecule has 1 aromatic heterocycles. The minimum Gasteiger partial charge on any atom is -0.340 e. The van der Waals surface area contributed by atoms with Crippen molar-refractivity contribution in [2.24, 2.45) is 11.7 Å². The molecule has 2 rings (SSSR count). The Morgan fingerprint density at radius 2 is 2.09 bits per heavy atom. The lowest BCUT2D eigenvalue weighted by atomic mass is 9.98. The van der Waals surface area contributed by atoms with Crippen LogP contribution in [0.2, 0.25) is 0 Å². The average molecular weight is 306 g/mol. The van der Waals surface area contributed by atoms with E-state index in [1.165, 1.54) is 0 Å². The highest BCUT2D eigenvalue weighted by Crippen LogP contribution is 2.20. The molecule has 0 aliphatic carbocycles. The number of amides is 1. The summed E-state index contributed by atoms with van der Waals surface area (Å²) in [5.41, 5.74) is 9.18. The van der Waals surface area contributed by atoms with Crippen molar-refractivity contribution in [3.63, 3.8) is 0 Å². The van der Waals surface area contributed by atoms with Gasteiger partial charge in [0.2, 0.25) is 5.91 Å². The number of hydrogen-bond acceptors (Lipinski definition) is 3. The summed E-state index contributed by atoms with van der Waals surface area (Å²) in [6.45, 7) is 12.2. The van der Waals surface area contributed by atoms with Crippen LogP contribution >= 0.6 is 0 Å². The maximum atomic E-state index is 12.7. The molecule has 0 aromatic carbocycles. The molecule has 1 aliphatic heterocycles. The first-order chi connectivity index (χ1) is 10.3. The van der Waals surface area contributed by atoms with Gasteiger partial charge in [0.25, 0.3) is 0 Å². The second-order valence-electron chi connectivity index (χ2n) is 7.12. The van der Waals surface area contributed by atoms with E-state index in [0.29, 0.717) is 12.3 Å². The van der Waals surface area contributed by atoms with Gasteiger partial charge in [-0.05, 0) is 39.5 Å². The SMILES string of the molecule is Cc1nn(CC(C)C)c(C)c1CC(=O)N1CC[C@@H](N)C[C@H]1C. The zero-order valence-corrected chi connectivity index (χ0v) is 14.6. The van der Waals surface area contributed by atoms with E-state index in [-0.39, 0.29) is 18.0 Å². The molecule has 0 radical (unpaired) electrons. The van der Waals surface area contributed by atoms with Crippen LogP contribution in [0.5, 0.6) is 0 Å². The third kappa shape index (κ3) is 3.69. The average Bonchev–Trinajstić information content (AvgIpc) is 2.65. The van der Waals surface area contributed by atoms with Crippen LogP contribution in [0.15, 0.2) is 0 Å². The predicted molar refractivity (Wildman–Crippen MR) is 88.6 cm³/mol. The Bertz CT molecular complexity index is 535. The quantitative estimate of drug-likeness (QED) is 0.926.